The highest BCUT2D eigenvalue weighted by Crippen LogP contribution is 2.23. The second kappa shape index (κ2) is 7.56. The topological polar surface area (TPSA) is 43.8 Å². The molecule has 18 heavy (non-hydrogen) atoms. The Hall–Kier alpha value is 0. The summed E-state index contributed by atoms with van der Waals surface area (Å²) in [7, 11) is 0. The summed E-state index contributed by atoms with van der Waals surface area (Å²) in [5, 5.41) is 5.19. The van der Waals surface area contributed by atoms with Crippen molar-refractivity contribution in [1.82, 2.24) is 9.78 Å². The van der Waals surface area contributed by atoms with Crippen LogP contribution >= 0.6 is 27.7 Å². The molecule has 1 aromatic rings. The van der Waals surface area contributed by atoms with Gasteiger partial charge in [0.2, 0.25) is 0 Å². The third-order valence-electron chi connectivity index (χ3n) is 3.08. The summed E-state index contributed by atoms with van der Waals surface area (Å²) in [5.74, 6) is 1.01. The maximum Gasteiger partial charge on any atom is 0.0738 e. The first kappa shape index (κ1) is 16.1. The van der Waals surface area contributed by atoms with Crippen LogP contribution < -0.4 is 5.73 Å². The van der Waals surface area contributed by atoms with Gasteiger partial charge in [-0.1, -0.05) is 13.8 Å². The van der Waals surface area contributed by atoms with E-state index in [1.54, 1.807) is 0 Å². The quantitative estimate of drug-likeness (QED) is 0.831. The van der Waals surface area contributed by atoms with Gasteiger partial charge in [-0.15, -0.1) is 0 Å². The van der Waals surface area contributed by atoms with Crippen molar-refractivity contribution in [3.63, 3.8) is 0 Å². The van der Waals surface area contributed by atoms with Crippen molar-refractivity contribution in [1.29, 1.82) is 0 Å². The van der Waals surface area contributed by atoms with E-state index in [2.05, 4.69) is 41.8 Å². The van der Waals surface area contributed by atoms with E-state index < -0.39 is 0 Å². The van der Waals surface area contributed by atoms with Crippen molar-refractivity contribution in [2.75, 3.05) is 5.75 Å². The SMILES string of the molecule is CCC(C)SCC(N)Cc1c(Br)c(C)nn1CC. The molecule has 2 N–H and O–H groups in total. The average Bonchev–Trinajstić information content (AvgIpc) is 2.63. The maximum atomic E-state index is 6.23. The van der Waals surface area contributed by atoms with Gasteiger partial charge in [0.05, 0.1) is 15.9 Å². The van der Waals surface area contributed by atoms with Crippen LogP contribution in [0.15, 0.2) is 4.47 Å². The van der Waals surface area contributed by atoms with Crippen LogP contribution in [0.3, 0.4) is 0 Å². The average molecular weight is 334 g/mol. The summed E-state index contributed by atoms with van der Waals surface area (Å²) in [4.78, 5) is 0. The van der Waals surface area contributed by atoms with E-state index >= 15 is 0 Å². The minimum absolute atomic E-state index is 0.196. The second-order valence-corrected chi connectivity index (χ2v) is 6.94. The van der Waals surface area contributed by atoms with Gasteiger partial charge in [0, 0.05) is 30.0 Å². The van der Waals surface area contributed by atoms with Crippen LogP contribution in [-0.4, -0.2) is 26.8 Å². The zero-order chi connectivity index (χ0) is 13.7. The van der Waals surface area contributed by atoms with E-state index in [4.69, 9.17) is 5.73 Å². The largest absolute Gasteiger partial charge is 0.327 e. The van der Waals surface area contributed by atoms with Gasteiger partial charge in [-0.3, -0.25) is 4.68 Å². The van der Waals surface area contributed by atoms with E-state index in [1.165, 1.54) is 12.1 Å². The van der Waals surface area contributed by atoms with Crippen LogP contribution in [0.1, 0.15) is 38.6 Å². The van der Waals surface area contributed by atoms with E-state index in [0.29, 0.717) is 5.25 Å². The molecular weight excluding hydrogens is 310 g/mol. The fourth-order valence-electron chi connectivity index (χ4n) is 1.78. The first-order valence-corrected chi connectivity index (χ1v) is 8.42. The summed E-state index contributed by atoms with van der Waals surface area (Å²) in [6.45, 7) is 9.51. The molecule has 1 rings (SSSR count). The molecule has 0 radical (unpaired) electrons. The molecule has 0 aliphatic carbocycles. The highest BCUT2D eigenvalue weighted by molar-refractivity contribution is 9.10. The Kier molecular flexibility index (Phi) is 6.74. The lowest BCUT2D eigenvalue weighted by Crippen LogP contribution is -2.28. The molecule has 0 amide bonds. The zero-order valence-corrected chi connectivity index (χ0v) is 14.1. The molecule has 104 valence electrons. The highest BCUT2D eigenvalue weighted by atomic mass is 79.9. The minimum atomic E-state index is 0.196. The normalized spacial score (nSPS) is 14.8. The van der Waals surface area contributed by atoms with Crippen LogP contribution in [-0.2, 0) is 13.0 Å². The van der Waals surface area contributed by atoms with Crippen molar-refractivity contribution in [3.8, 4) is 0 Å². The first-order valence-electron chi connectivity index (χ1n) is 6.58. The molecule has 1 heterocycles. The first-order chi connectivity index (χ1) is 8.49. The second-order valence-electron chi connectivity index (χ2n) is 4.68. The third-order valence-corrected chi connectivity index (χ3v) is 5.63. The number of nitrogens with zero attached hydrogens (tertiary/aromatic N) is 2. The monoisotopic (exact) mass is 333 g/mol. The van der Waals surface area contributed by atoms with Gasteiger partial charge in [0.25, 0.3) is 0 Å². The number of nitrogens with two attached hydrogens (primary N) is 1. The van der Waals surface area contributed by atoms with Gasteiger partial charge < -0.3 is 5.73 Å². The predicted molar refractivity (Wildman–Crippen MR) is 84.2 cm³/mol. The summed E-state index contributed by atoms with van der Waals surface area (Å²) in [6, 6.07) is 0.196. The molecule has 2 atom stereocenters. The Labute approximate surface area is 123 Å². The Morgan fingerprint density at radius 2 is 2.11 bits per heavy atom. The Morgan fingerprint density at radius 1 is 1.44 bits per heavy atom. The summed E-state index contributed by atoms with van der Waals surface area (Å²) >= 11 is 5.58. The molecule has 0 aromatic carbocycles. The third kappa shape index (κ3) is 4.28. The summed E-state index contributed by atoms with van der Waals surface area (Å²) in [6.07, 6.45) is 2.09. The Morgan fingerprint density at radius 3 is 2.67 bits per heavy atom. The standard InChI is InChI=1S/C13H24BrN3S/c1-5-9(3)18-8-11(15)7-12-13(14)10(4)16-17(12)6-2/h9,11H,5-8,15H2,1-4H3. The Balaban J connectivity index is 2.61. The van der Waals surface area contributed by atoms with Crippen molar-refractivity contribution in [2.45, 2.75) is 58.4 Å². The van der Waals surface area contributed by atoms with Crippen molar-refractivity contribution >= 4 is 27.7 Å². The van der Waals surface area contributed by atoms with E-state index in [-0.39, 0.29) is 6.04 Å². The number of thioether (sulfide) groups is 1. The van der Waals surface area contributed by atoms with Gasteiger partial charge in [-0.2, -0.15) is 16.9 Å². The number of aryl methyl sites for hydroxylation is 2. The van der Waals surface area contributed by atoms with E-state index in [9.17, 15) is 0 Å². The lowest BCUT2D eigenvalue weighted by molar-refractivity contribution is 0.593. The van der Waals surface area contributed by atoms with Crippen LogP contribution in [0.4, 0.5) is 0 Å². The molecule has 0 aliphatic heterocycles. The molecule has 2 unspecified atom stereocenters. The van der Waals surface area contributed by atoms with E-state index in [0.717, 1.165) is 28.9 Å². The van der Waals surface area contributed by atoms with Crippen LogP contribution in [0.25, 0.3) is 0 Å². The summed E-state index contributed by atoms with van der Waals surface area (Å²) in [5.41, 5.74) is 8.51. The number of hydrogen-bond donors (Lipinski definition) is 1. The number of aromatic nitrogens is 2. The maximum absolute atomic E-state index is 6.23. The molecule has 0 spiro atoms. The molecule has 0 bridgehead atoms. The fraction of sp³-hybridized carbons (Fsp3) is 0.769. The van der Waals surface area contributed by atoms with Crippen LogP contribution in [0.5, 0.6) is 0 Å². The molecule has 0 aliphatic rings. The molecular formula is C13H24BrN3S. The van der Waals surface area contributed by atoms with Gasteiger partial charge in [0.1, 0.15) is 0 Å². The Bertz CT molecular complexity index is 379. The van der Waals surface area contributed by atoms with Crippen molar-refractivity contribution < 1.29 is 0 Å². The number of hydrogen-bond acceptors (Lipinski definition) is 3. The number of halogens is 1. The number of rotatable bonds is 7. The lowest BCUT2D eigenvalue weighted by Gasteiger charge is -2.15. The molecule has 0 saturated carbocycles. The smallest absolute Gasteiger partial charge is 0.0738 e. The molecule has 1 aromatic heterocycles. The zero-order valence-electron chi connectivity index (χ0n) is 11.7. The van der Waals surface area contributed by atoms with E-state index in [1.807, 2.05) is 23.4 Å². The highest BCUT2D eigenvalue weighted by Gasteiger charge is 2.15. The minimum Gasteiger partial charge on any atom is -0.327 e. The fourth-order valence-corrected chi connectivity index (χ4v) is 3.15. The van der Waals surface area contributed by atoms with Gasteiger partial charge >= 0.3 is 0 Å². The molecule has 0 saturated heterocycles. The van der Waals surface area contributed by atoms with Gasteiger partial charge in [0.15, 0.2) is 0 Å². The van der Waals surface area contributed by atoms with Gasteiger partial charge in [-0.05, 0) is 36.2 Å². The molecule has 0 fully saturated rings. The van der Waals surface area contributed by atoms with Gasteiger partial charge in [-0.25, -0.2) is 0 Å². The van der Waals surface area contributed by atoms with Crippen LogP contribution in [0.2, 0.25) is 0 Å². The van der Waals surface area contributed by atoms with Crippen LogP contribution in [0, 0.1) is 6.92 Å². The molecule has 5 heteroatoms. The van der Waals surface area contributed by atoms with Crippen molar-refractivity contribution in [3.05, 3.63) is 15.9 Å². The summed E-state index contributed by atoms with van der Waals surface area (Å²) < 4.78 is 3.17. The molecule has 3 nitrogen and oxygen atoms in total. The van der Waals surface area contributed by atoms with Crippen molar-refractivity contribution in [2.24, 2.45) is 5.73 Å². The lowest BCUT2D eigenvalue weighted by atomic mass is 10.2. The predicted octanol–water partition coefficient (Wildman–Crippen LogP) is 3.38.